The lowest BCUT2D eigenvalue weighted by molar-refractivity contribution is 0.0602. The van der Waals surface area contributed by atoms with Crippen LogP contribution in [-0.4, -0.2) is 23.3 Å². The number of carbonyl (C=O) groups excluding carboxylic acids is 1. The fourth-order valence-electron chi connectivity index (χ4n) is 2.72. The van der Waals surface area contributed by atoms with Gasteiger partial charge in [-0.2, -0.15) is 0 Å². The number of methoxy groups -OCH3 is 1. The molecule has 1 aromatic carbocycles. The molecule has 0 aliphatic carbocycles. The zero-order chi connectivity index (χ0) is 17.1. The van der Waals surface area contributed by atoms with Crippen LogP contribution in [0.25, 0.3) is 11.0 Å². The summed E-state index contributed by atoms with van der Waals surface area (Å²) in [6, 6.07) is 2.54. The van der Waals surface area contributed by atoms with E-state index >= 15 is 0 Å². The smallest absolute Gasteiger partial charge is 0.343 e. The van der Waals surface area contributed by atoms with Crippen molar-refractivity contribution in [1.82, 2.24) is 0 Å². The molecule has 2 aromatic rings. The lowest BCUT2D eigenvalue weighted by Crippen LogP contribution is -2.13. The van der Waals surface area contributed by atoms with Gasteiger partial charge in [-0.05, 0) is 24.5 Å². The first-order valence-electron chi connectivity index (χ1n) is 7.49. The summed E-state index contributed by atoms with van der Waals surface area (Å²) in [7, 11) is 1.21. The van der Waals surface area contributed by atoms with E-state index in [1.807, 2.05) is 13.8 Å². The van der Waals surface area contributed by atoms with E-state index in [0.29, 0.717) is 6.42 Å². The van der Waals surface area contributed by atoms with Gasteiger partial charge in [0.1, 0.15) is 5.75 Å². The first kappa shape index (κ1) is 16.9. The largest absolute Gasteiger partial charge is 0.507 e. The Balaban J connectivity index is 2.72. The van der Waals surface area contributed by atoms with Crippen molar-refractivity contribution in [2.75, 3.05) is 7.11 Å². The van der Waals surface area contributed by atoms with Crippen LogP contribution in [0, 0.1) is 5.92 Å². The van der Waals surface area contributed by atoms with Crippen LogP contribution in [0.2, 0.25) is 0 Å². The van der Waals surface area contributed by atoms with Crippen LogP contribution >= 0.6 is 0 Å². The minimum absolute atomic E-state index is 0.00449. The van der Waals surface area contributed by atoms with Crippen LogP contribution in [0.5, 0.6) is 11.5 Å². The highest BCUT2D eigenvalue weighted by atomic mass is 16.5. The van der Waals surface area contributed by atoms with Crippen molar-refractivity contribution in [3.8, 4) is 11.5 Å². The topological polar surface area (TPSA) is 97.0 Å². The Kier molecular flexibility index (Phi) is 4.93. The number of benzene rings is 1. The molecule has 0 aliphatic rings. The van der Waals surface area contributed by atoms with Crippen LogP contribution in [-0.2, 0) is 11.2 Å². The minimum atomic E-state index is -0.713. The lowest BCUT2D eigenvalue weighted by Gasteiger charge is -2.13. The third kappa shape index (κ3) is 3.16. The van der Waals surface area contributed by atoms with Gasteiger partial charge in [0.05, 0.1) is 23.6 Å². The van der Waals surface area contributed by atoms with E-state index in [4.69, 9.17) is 4.42 Å². The van der Waals surface area contributed by atoms with Gasteiger partial charge in [-0.25, -0.2) is 9.59 Å². The Morgan fingerprint density at radius 3 is 2.65 bits per heavy atom. The summed E-state index contributed by atoms with van der Waals surface area (Å²) in [5.74, 6) is -1.18. The first-order valence-corrected chi connectivity index (χ1v) is 7.49. The Morgan fingerprint density at radius 1 is 1.35 bits per heavy atom. The molecule has 0 saturated heterocycles. The molecule has 0 spiro atoms. The number of phenolic OH excluding ortho intramolecular Hbond substituents is 1. The average Bonchev–Trinajstić information content (AvgIpc) is 2.52. The van der Waals surface area contributed by atoms with Gasteiger partial charge < -0.3 is 19.4 Å². The van der Waals surface area contributed by atoms with Gasteiger partial charge in [0.25, 0.3) is 0 Å². The maximum atomic E-state index is 12.1. The average molecular weight is 320 g/mol. The zero-order valence-electron chi connectivity index (χ0n) is 13.4. The number of esters is 1. The minimum Gasteiger partial charge on any atom is -0.507 e. The normalized spacial score (nSPS) is 12.3. The Morgan fingerprint density at radius 2 is 2.04 bits per heavy atom. The fourth-order valence-corrected chi connectivity index (χ4v) is 2.72. The summed E-state index contributed by atoms with van der Waals surface area (Å²) >= 11 is 0. The number of rotatable bonds is 5. The molecular formula is C17H20O6. The van der Waals surface area contributed by atoms with Crippen molar-refractivity contribution in [2.45, 2.75) is 33.1 Å². The van der Waals surface area contributed by atoms with Gasteiger partial charge in [-0.3, -0.25) is 0 Å². The molecule has 0 fully saturated rings. The maximum Gasteiger partial charge on any atom is 0.343 e. The molecule has 1 unspecified atom stereocenters. The Bertz CT molecular complexity index is 790. The van der Waals surface area contributed by atoms with Gasteiger partial charge in [0.15, 0.2) is 11.3 Å². The maximum absolute atomic E-state index is 12.1. The summed E-state index contributed by atoms with van der Waals surface area (Å²) in [4.78, 5) is 24.0. The summed E-state index contributed by atoms with van der Waals surface area (Å²) in [5, 5.41) is 20.4. The van der Waals surface area contributed by atoms with E-state index in [-0.39, 0.29) is 39.5 Å². The fraction of sp³-hybridized carbons (Fsp3) is 0.412. The van der Waals surface area contributed by atoms with Gasteiger partial charge in [-0.1, -0.05) is 26.7 Å². The van der Waals surface area contributed by atoms with Crippen molar-refractivity contribution < 1.29 is 24.2 Å². The van der Waals surface area contributed by atoms with Crippen LogP contribution in [0.1, 0.15) is 42.6 Å². The molecule has 0 radical (unpaired) electrons. The highest BCUT2D eigenvalue weighted by molar-refractivity contribution is 6.07. The van der Waals surface area contributed by atoms with E-state index in [1.165, 1.54) is 19.2 Å². The van der Waals surface area contributed by atoms with Crippen LogP contribution < -0.4 is 5.63 Å². The van der Waals surface area contributed by atoms with Crippen LogP contribution in [0.15, 0.2) is 21.3 Å². The lowest BCUT2D eigenvalue weighted by atomic mass is 9.95. The summed E-state index contributed by atoms with van der Waals surface area (Å²) in [6.45, 7) is 4.00. The molecule has 6 nitrogen and oxygen atoms in total. The van der Waals surface area contributed by atoms with Crippen molar-refractivity contribution in [3.05, 3.63) is 33.7 Å². The monoisotopic (exact) mass is 320 g/mol. The molecule has 23 heavy (non-hydrogen) atoms. The van der Waals surface area contributed by atoms with Crippen molar-refractivity contribution in [1.29, 1.82) is 0 Å². The number of hydrogen-bond acceptors (Lipinski definition) is 6. The molecule has 2 N–H and O–H groups in total. The molecule has 2 rings (SSSR count). The second kappa shape index (κ2) is 6.73. The Hall–Kier alpha value is -2.50. The molecule has 0 aliphatic heterocycles. The van der Waals surface area contributed by atoms with Gasteiger partial charge in [-0.15, -0.1) is 0 Å². The van der Waals surface area contributed by atoms with Gasteiger partial charge in [0.2, 0.25) is 0 Å². The van der Waals surface area contributed by atoms with Crippen LogP contribution in [0.4, 0.5) is 0 Å². The van der Waals surface area contributed by atoms with Crippen LogP contribution in [0.3, 0.4) is 0 Å². The second-order valence-electron chi connectivity index (χ2n) is 5.64. The third-order valence-corrected chi connectivity index (χ3v) is 3.84. The number of aromatic hydroxyl groups is 2. The van der Waals surface area contributed by atoms with Gasteiger partial charge >= 0.3 is 11.6 Å². The van der Waals surface area contributed by atoms with Crippen molar-refractivity contribution in [3.63, 3.8) is 0 Å². The molecule has 124 valence electrons. The molecule has 0 amide bonds. The van der Waals surface area contributed by atoms with E-state index in [2.05, 4.69) is 4.74 Å². The number of hydrogen-bond donors (Lipinski definition) is 2. The number of phenols is 1. The highest BCUT2D eigenvalue weighted by Crippen LogP contribution is 2.36. The van der Waals surface area contributed by atoms with E-state index in [0.717, 1.165) is 12.8 Å². The molecule has 6 heteroatoms. The predicted octanol–water partition coefficient (Wildman–Crippen LogP) is 2.97. The molecular weight excluding hydrogens is 300 g/mol. The van der Waals surface area contributed by atoms with Gasteiger partial charge in [0, 0.05) is 0 Å². The number of fused-ring (bicyclic) bond motifs is 1. The summed E-state index contributed by atoms with van der Waals surface area (Å²) in [5.41, 5.74) is -0.794. The second-order valence-corrected chi connectivity index (χ2v) is 5.64. The molecule has 0 saturated carbocycles. The van der Waals surface area contributed by atoms with Crippen molar-refractivity contribution in [2.24, 2.45) is 5.92 Å². The summed E-state index contributed by atoms with van der Waals surface area (Å²) < 4.78 is 9.82. The first-order chi connectivity index (χ1) is 10.9. The quantitative estimate of drug-likeness (QED) is 0.649. The third-order valence-electron chi connectivity index (χ3n) is 3.84. The predicted molar refractivity (Wildman–Crippen MR) is 84.9 cm³/mol. The molecule has 1 aromatic heterocycles. The number of carbonyl (C=O) groups is 1. The highest BCUT2D eigenvalue weighted by Gasteiger charge is 2.23. The molecule has 1 heterocycles. The molecule has 1 atom stereocenters. The SMILES string of the molecule is CCCC(C)Cc1c(O)c2c(C(=O)OC)ccc(O)c2oc1=O. The molecule has 0 bridgehead atoms. The van der Waals surface area contributed by atoms with Crippen molar-refractivity contribution >= 4 is 16.9 Å². The van der Waals surface area contributed by atoms with E-state index in [1.54, 1.807) is 0 Å². The Labute approximate surface area is 133 Å². The number of ether oxygens (including phenoxy) is 1. The summed E-state index contributed by atoms with van der Waals surface area (Å²) in [6.07, 6.45) is 2.17. The standard InChI is InChI=1S/C17H20O6/c1-4-5-9(2)8-11-14(19)13-10(16(20)22-3)6-7-12(18)15(13)23-17(11)21/h6-7,9,18-19H,4-5,8H2,1-3H3. The zero-order valence-corrected chi connectivity index (χ0v) is 13.4. The van der Waals surface area contributed by atoms with E-state index in [9.17, 15) is 19.8 Å². The van der Waals surface area contributed by atoms with E-state index < -0.39 is 11.6 Å².